The van der Waals surface area contributed by atoms with Gasteiger partial charge < -0.3 is 9.47 Å². The molecule has 17 heavy (non-hydrogen) atoms. The molecule has 4 heteroatoms. The standard InChI is InChI=1S/C13H13NO3/c1-16-6-7-17-11-2-3-12-10(9-15)4-5-14-13(12)8-11/h2-5,8-9H,6-7H2,1H3. The van der Waals surface area contributed by atoms with Crippen LogP contribution in [0.5, 0.6) is 5.75 Å². The first-order valence-corrected chi connectivity index (χ1v) is 5.31. The summed E-state index contributed by atoms with van der Waals surface area (Å²) in [4.78, 5) is 15.0. The molecular formula is C13H13NO3. The molecule has 0 aliphatic heterocycles. The van der Waals surface area contributed by atoms with Gasteiger partial charge in [0, 0.05) is 30.3 Å². The molecule has 1 aromatic heterocycles. The molecule has 0 radical (unpaired) electrons. The number of ether oxygens (including phenoxy) is 2. The van der Waals surface area contributed by atoms with E-state index in [0.717, 1.165) is 22.9 Å². The smallest absolute Gasteiger partial charge is 0.150 e. The fourth-order valence-electron chi connectivity index (χ4n) is 1.59. The molecule has 0 saturated heterocycles. The quantitative estimate of drug-likeness (QED) is 0.584. The van der Waals surface area contributed by atoms with E-state index in [2.05, 4.69) is 4.98 Å². The maximum atomic E-state index is 10.8. The van der Waals surface area contributed by atoms with Crippen molar-refractivity contribution < 1.29 is 14.3 Å². The molecule has 0 bridgehead atoms. The van der Waals surface area contributed by atoms with Crippen LogP contribution in [0.3, 0.4) is 0 Å². The van der Waals surface area contributed by atoms with Gasteiger partial charge in [-0.2, -0.15) is 0 Å². The van der Waals surface area contributed by atoms with E-state index < -0.39 is 0 Å². The van der Waals surface area contributed by atoms with Crippen molar-refractivity contribution in [1.82, 2.24) is 4.98 Å². The van der Waals surface area contributed by atoms with Crippen LogP contribution < -0.4 is 4.74 Å². The van der Waals surface area contributed by atoms with Crippen LogP contribution >= 0.6 is 0 Å². The average molecular weight is 231 g/mol. The second-order valence-corrected chi connectivity index (χ2v) is 3.54. The first-order valence-electron chi connectivity index (χ1n) is 5.31. The van der Waals surface area contributed by atoms with Gasteiger partial charge in [0.25, 0.3) is 0 Å². The Balaban J connectivity index is 2.28. The van der Waals surface area contributed by atoms with E-state index in [4.69, 9.17) is 9.47 Å². The number of aromatic nitrogens is 1. The van der Waals surface area contributed by atoms with Crippen molar-refractivity contribution in [1.29, 1.82) is 0 Å². The molecule has 4 nitrogen and oxygen atoms in total. The van der Waals surface area contributed by atoms with Crippen molar-refractivity contribution in [2.24, 2.45) is 0 Å². The zero-order valence-corrected chi connectivity index (χ0v) is 9.55. The summed E-state index contributed by atoms with van der Waals surface area (Å²) < 4.78 is 10.4. The van der Waals surface area contributed by atoms with E-state index in [1.807, 2.05) is 18.2 Å². The molecule has 1 heterocycles. The summed E-state index contributed by atoms with van der Waals surface area (Å²) in [6, 6.07) is 7.18. The van der Waals surface area contributed by atoms with Gasteiger partial charge in [0.05, 0.1) is 12.1 Å². The summed E-state index contributed by atoms with van der Waals surface area (Å²) in [7, 11) is 1.63. The number of aldehydes is 1. The van der Waals surface area contributed by atoms with E-state index in [9.17, 15) is 4.79 Å². The number of hydrogen-bond donors (Lipinski definition) is 0. The molecule has 0 saturated carbocycles. The first-order chi connectivity index (χ1) is 8.35. The van der Waals surface area contributed by atoms with Gasteiger partial charge in [0.2, 0.25) is 0 Å². The van der Waals surface area contributed by atoms with Crippen LogP contribution in [0.25, 0.3) is 10.9 Å². The molecule has 0 fully saturated rings. The molecule has 1 aromatic carbocycles. The highest BCUT2D eigenvalue weighted by molar-refractivity contribution is 5.96. The topological polar surface area (TPSA) is 48.4 Å². The Hall–Kier alpha value is -1.94. The molecule has 0 N–H and O–H groups in total. The highest BCUT2D eigenvalue weighted by Crippen LogP contribution is 2.21. The van der Waals surface area contributed by atoms with Gasteiger partial charge in [-0.25, -0.2) is 0 Å². The molecule has 0 spiro atoms. The Morgan fingerprint density at radius 2 is 2.18 bits per heavy atom. The number of nitrogens with zero attached hydrogens (tertiary/aromatic N) is 1. The molecule has 0 atom stereocenters. The van der Waals surface area contributed by atoms with Crippen LogP contribution in [0, 0.1) is 0 Å². The Morgan fingerprint density at radius 3 is 2.94 bits per heavy atom. The van der Waals surface area contributed by atoms with Crippen LogP contribution in [-0.2, 0) is 4.74 Å². The van der Waals surface area contributed by atoms with Crippen molar-refractivity contribution >= 4 is 17.2 Å². The van der Waals surface area contributed by atoms with Gasteiger partial charge in [0.15, 0.2) is 6.29 Å². The lowest BCUT2D eigenvalue weighted by Crippen LogP contribution is -2.04. The highest BCUT2D eigenvalue weighted by Gasteiger charge is 2.02. The Bertz CT molecular complexity index is 525. The molecule has 0 unspecified atom stereocenters. The lowest BCUT2D eigenvalue weighted by Gasteiger charge is -2.06. The second-order valence-electron chi connectivity index (χ2n) is 3.54. The van der Waals surface area contributed by atoms with E-state index >= 15 is 0 Å². The van der Waals surface area contributed by atoms with Crippen molar-refractivity contribution in [3.05, 3.63) is 36.0 Å². The van der Waals surface area contributed by atoms with Crippen molar-refractivity contribution in [2.45, 2.75) is 0 Å². The summed E-state index contributed by atoms with van der Waals surface area (Å²) in [5.74, 6) is 0.727. The minimum absolute atomic E-state index is 0.495. The number of hydrogen-bond acceptors (Lipinski definition) is 4. The zero-order valence-electron chi connectivity index (χ0n) is 9.55. The molecule has 2 rings (SSSR count). The van der Waals surface area contributed by atoms with Crippen molar-refractivity contribution in [3.63, 3.8) is 0 Å². The lowest BCUT2D eigenvalue weighted by atomic mass is 10.1. The molecule has 2 aromatic rings. The number of pyridine rings is 1. The van der Waals surface area contributed by atoms with Crippen LogP contribution in [0.2, 0.25) is 0 Å². The van der Waals surface area contributed by atoms with Gasteiger partial charge in [-0.15, -0.1) is 0 Å². The van der Waals surface area contributed by atoms with E-state index in [0.29, 0.717) is 18.8 Å². The molecular weight excluding hydrogens is 218 g/mol. The van der Waals surface area contributed by atoms with Gasteiger partial charge in [-0.05, 0) is 18.2 Å². The molecule has 0 aliphatic carbocycles. The summed E-state index contributed by atoms with van der Waals surface area (Å²) in [6.45, 7) is 1.04. The average Bonchev–Trinajstić information content (AvgIpc) is 2.38. The fourth-order valence-corrected chi connectivity index (χ4v) is 1.59. The normalized spacial score (nSPS) is 10.4. The molecule has 0 amide bonds. The lowest BCUT2D eigenvalue weighted by molar-refractivity contribution is 0.112. The van der Waals surface area contributed by atoms with Gasteiger partial charge in [-0.3, -0.25) is 9.78 Å². The van der Waals surface area contributed by atoms with Crippen molar-refractivity contribution in [3.8, 4) is 5.75 Å². The van der Waals surface area contributed by atoms with Crippen LogP contribution in [-0.4, -0.2) is 31.6 Å². The predicted octanol–water partition coefficient (Wildman–Crippen LogP) is 2.07. The minimum Gasteiger partial charge on any atom is -0.491 e. The number of methoxy groups -OCH3 is 1. The van der Waals surface area contributed by atoms with Crippen LogP contribution in [0.1, 0.15) is 10.4 Å². The Labute approximate surface area is 99.2 Å². The second kappa shape index (κ2) is 5.41. The third kappa shape index (κ3) is 2.60. The largest absolute Gasteiger partial charge is 0.491 e. The Kier molecular flexibility index (Phi) is 3.67. The molecule has 0 aliphatic rings. The summed E-state index contributed by atoms with van der Waals surface area (Å²) in [5, 5.41) is 0.835. The van der Waals surface area contributed by atoms with Gasteiger partial charge in [-0.1, -0.05) is 0 Å². The number of benzene rings is 1. The maximum absolute atomic E-state index is 10.8. The van der Waals surface area contributed by atoms with Gasteiger partial charge in [0.1, 0.15) is 12.4 Å². The van der Waals surface area contributed by atoms with Gasteiger partial charge >= 0.3 is 0 Å². The third-order valence-electron chi connectivity index (χ3n) is 2.43. The SMILES string of the molecule is COCCOc1ccc2c(C=O)ccnc2c1. The molecule has 88 valence electrons. The minimum atomic E-state index is 0.495. The van der Waals surface area contributed by atoms with Crippen LogP contribution in [0.15, 0.2) is 30.5 Å². The third-order valence-corrected chi connectivity index (χ3v) is 2.43. The number of fused-ring (bicyclic) bond motifs is 1. The predicted molar refractivity (Wildman–Crippen MR) is 64.5 cm³/mol. The summed E-state index contributed by atoms with van der Waals surface area (Å²) in [5.41, 5.74) is 1.39. The van der Waals surface area contributed by atoms with Crippen molar-refractivity contribution in [2.75, 3.05) is 20.3 Å². The monoisotopic (exact) mass is 231 g/mol. The Morgan fingerprint density at radius 1 is 1.29 bits per heavy atom. The number of carbonyl (C=O) groups excluding carboxylic acids is 1. The number of carbonyl (C=O) groups is 1. The van der Waals surface area contributed by atoms with E-state index in [1.54, 1.807) is 19.4 Å². The first kappa shape index (κ1) is 11.5. The van der Waals surface area contributed by atoms with E-state index in [1.165, 1.54) is 0 Å². The van der Waals surface area contributed by atoms with E-state index in [-0.39, 0.29) is 0 Å². The summed E-state index contributed by atoms with van der Waals surface area (Å²) in [6.07, 6.45) is 2.44. The summed E-state index contributed by atoms with van der Waals surface area (Å²) >= 11 is 0. The zero-order chi connectivity index (χ0) is 12.1. The number of rotatable bonds is 5. The van der Waals surface area contributed by atoms with Crippen LogP contribution in [0.4, 0.5) is 0 Å². The fraction of sp³-hybridized carbons (Fsp3) is 0.231. The highest BCUT2D eigenvalue weighted by atomic mass is 16.5. The maximum Gasteiger partial charge on any atom is 0.150 e.